The number of pyridine rings is 1. The van der Waals surface area contributed by atoms with Gasteiger partial charge in [0.25, 0.3) is 0 Å². The fraction of sp³-hybridized carbons (Fsp3) is 0.438. The molecule has 0 N–H and O–H groups in total. The van der Waals surface area contributed by atoms with Gasteiger partial charge in [-0.05, 0) is 29.0 Å². The number of anilines is 1. The van der Waals surface area contributed by atoms with Crippen LogP contribution in [0.5, 0.6) is 0 Å². The average Bonchev–Trinajstić information content (AvgIpc) is 2.46. The first kappa shape index (κ1) is 15.6. The standard InChI is InChI=1S/C16H19ClN2O2S/c1-11(2)12-3-4-15(14-10-18-16(17)9-13(12)14)19-5-7-22(20,21)8-6-19/h3-4,9-11H,5-8H2,1-2H3. The van der Waals surface area contributed by atoms with E-state index in [1.807, 2.05) is 6.07 Å². The lowest BCUT2D eigenvalue weighted by atomic mass is 9.96. The molecule has 0 atom stereocenters. The predicted octanol–water partition coefficient (Wildman–Crippen LogP) is 3.25. The zero-order valence-electron chi connectivity index (χ0n) is 12.7. The molecule has 4 nitrogen and oxygen atoms in total. The summed E-state index contributed by atoms with van der Waals surface area (Å²) in [6.45, 7) is 5.36. The van der Waals surface area contributed by atoms with Gasteiger partial charge in [-0.2, -0.15) is 0 Å². The van der Waals surface area contributed by atoms with Crippen molar-refractivity contribution in [1.29, 1.82) is 0 Å². The SMILES string of the molecule is CC(C)c1ccc(N2CCS(=O)(=O)CC2)c2cnc(Cl)cc12. The van der Waals surface area contributed by atoms with Gasteiger partial charge in [-0.15, -0.1) is 0 Å². The van der Waals surface area contributed by atoms with E-state index in [1.54, 1.807) is 6.20 Å². The minimum atomic E-state index is -2.88. The first-order chi connectivity index (χ1) is 10.4. The van der Waals surface area contributed by atoms with Crippen LogP contribution in [-0.2, 0) is 9.84 Å². The monoisotopic (exact) mass is 338 g/mol. The van der Waals surface area contributed by atoms with Crippen LogP contribution in [0.25, 0.3) is 10.8 Å². The minimum absolute atomic E-state index is 0.210. The summed E-state index contributed by atoms with van der Waals surface area (Å²) >= 11 is 6.07. The Labute approximate surface area is 136 Å². The fourth-order valence-corrected chi connectivity index (χ4v) is 4.31. The molecular formula is C16H19ClN2O2S. The van der Waals surface area contributed by atoms with Gasteiger partial charge >= 0.3 is 0 Å². The second-order valence-electron chi connectivity index (χ2n) is 6.02. The third-order valence-corrected chi connectivity index (χ3v) is 6.00. The van der Waals surface area contributed by atoms with Crippen molar-refractivity contribution in [3.05, 3.63) is 35.1 Å². The Morgan fingerprint density at radius 3 is 2.50 bits per heavy atom. The molecule has 0 bridgehead atoms. The number of benzene rings is 1. The smallest absolute Gasteiger partial charge is 0.153 e. The van der Waals surface area contributed by atoms with Gasteiger partial charge in [-0.3, -0.25) is 0 Å². The molecule has 0 radical (unpaired) electrons. The molecule has 0 amide bonds. The van der Waals surface area contributed by atoms with E-state index in [1.165, 1.54) is 5.56 Å². The summed E-state index contributed by atoms with van der Waals surface area (Å²) in [6, 6.07) is 6.09. The third kappa shape index (κ3) is 2.92. The van der Waals surface area contributed by atoms with Crippen molar-refractivity contribution >= 4 is 37.9 Å². The van der Waals surface area contributed by atoms with Gasteiger partial charge in [0.05, 0.1) is 11.5 Å². The molecule has 2 aromatic rings. The second kappa shape index (κ2) is 5.70. The van der Waals surface area contributed by atoms with Gasteiger partial charge in [-0.25, -0.2) is 13.4 Å². The zero-order chi connectivity index (χ0) is 15.9. The summed E-state index contributed by atoms with van der Waals surface area (Å²) in [5.41, 5.74) is 2.27. The van der Waals surface area contributed by atoms with E-state index >= 15 is 0 Å². The van der Waals surface area contributed by atoms with E-state index in [0.29, 0.717) is 24.2 Å². The molecule has 1 saturated heterocycles. The molecule has 1 aromatic carbocycles. The van der Waals surface area contributed by atoms with Crippen molar-refractivity contribution in [2.45, 2.75) is 19.8 Å². The van der Waals surface area contributed by atoms with Crippen molar-refractivity contribution < 1.29 is 8.42 Å². The van der Waals surface area contributed by atoms with E-state index in [-0.39, 0.29) is 11.5 Å². The predicted molar refractivity (Wildman–Crippen MR) is 91.7 cm³/mol. The second-order valence-corrected chi connectivity index (χ2v) is 8.71. The number of sulfone groups is 1. The average molecular weight is 339 g/mol. The molecule has 118 valence electrons. The summed E-state index contributed by atoms with van der Waals surface area (Å²) in [7, 11) is -2.88. The van der Waals surface area contributed by atoms with Crippen LogP contribution in [0.15, 0.2) is 24.4 Å². The highest BCUT2D eigenvalue weighted by Gasteiger charge is 2.23. The molecular weight excluding hydrogens is 320 g/mol. The Bertz CT molecular complexity index is 804. The van der Waals surface area contributed by atoms with Crippen LogP contribution in [0, 0.1) is 0 Å². The van der Waals surface area contributed by atoms with Crippen LogP contribution in [-0.4, -0.2) is 38.0 Å². The zero-order valence-corrected chi connectivity index (χ0v) is 14.3. The number of aromatic nitrogens is 1. The van der Waals surface area contributed by atoms with Gasteiger partial charge in [0.1, 0.15) is 5.15 Å². The Balaban J connectivity index is 2.10. The molecule has 6 heteroatoms. The molecule has 0 spiro atoms. The van der Waals surface area contributed by atoms with Gasteiger partial charge < -0.3 is 4.90 Å². The largest absolute Gasteiger partial charge is 0.369 e. The summed E-state index contributed by atoms with van der Waals surface area (Å²) in [4.78, 5) is 6.34. The van der Waals surface area contributed by atoms with Crippen LogP contribution in [0.3, 0.4) is 0 Å². The van der Waals surface area contributed by atoms with Crippen molar-refractivity contribution in [3.63, 3.8) is 0 Å². The van der Waals surface area contributed by atoms with Gasteiger partial charge in [-0.1, -0.05) is 31.5 Å². The number of hydrogen-bond acceptors (Lipinski definition) is 4. The number of nitrogens with zero attached hydrogens (tertiary/aromatic N) is 2. The van der Waals surface area contributed by atoms with Crippen LogP contribution >= 0.6 is 11.6 Å². The molecule has 0 aliphatic carbocycles. The molecule has 1 aromatic heterocycles. The number of hydrogen-bond donors (Lipinski definition) is 0. The highest BCUT2D eigenvalue weighted by molar-refractivity contribution is 7.91. The van der Waals surface area contributed by atoms with Gasteiger partial charge in [0.15, 0.2) is 9.84 Å². The van der Waals surface area contributed by atoms with Gasteiger partial charge in [0.2, 0.25) is 0 Å². The number of rotatable bonds is 2. The van der Waals surface area contributed by atoms with Crippen LogP contribution in [0.1, 0.15) is 25.3 Å². The lowest BCUT2D eigenvalue weighted by Gasteiger charge is -2.30. The molecule has 0 saturated carbocycles. The van der Waals surface area contributed by atoms with E-state index in [4.69, 9.17) is 11.6 Å². The molecule has 22 heavy (non-hydrogen) atoms. The molecule has 1 aliphatic heterocycles. The van der Waals surface area contributed by atoms with Crippen molar-refractivity contribution in [3.8, 4) is 0 Å². The Morgan fingerprint density at radius 2 is 1.86 bits per heavy atom. The van der Waals surface area contributed by atoms with Crippen molar-refractivity contribution in [2.75, 3.05) is 29.5 Å². The van der Waals surface area contributed by atoms with Crippen molar-refractivity contribution in [1.82, 2.24) is 4.98 Å². The first-order valence-corrected chi connectivity index (χ1v) is 9.61. The Morgan fingerprint density at radius 1 is 1.18 bits per heavy atom. The normalized spacial score (nSPS) is 18.1. The van der Waals surface area contributed by atoms with Crippen molar-refractivity contribution in [2.24, 2.45) is 0 Å². The summed E-state index contributed by atoms with van der Waals surface area (Å²) in [6.07, 6.45) is 1.79. The van der Waals surface area contributed by atoms with E-state index in [2.05, 4.69) is 35.9 Å². The maximum atomic E-state index is 11.6. The molecule has 1 aliphatic rings. The highest BCUT2D eigenvalue weighted by Crippen LogP contribution is 2.34. The summed E-state index contributed by atoms with van der Waals surface area (Å²) in [5.74, 6) is 0.805. The van der Waals surface area contributed by atoms with Crippen LogP contribution in [0.4, 0.5) is 5.69 Å². The lowest BCUT2D eigenvalue weighted by Crippen LogP contribution is -2.40. The lowest BCUT2D eigenvalue weighted by molar-refractivity contribution is 0.587. The van der Waals surface area contributed by atoms with Crippen LogP contribution in [0.2, 0.25) is 5.15 Å². The molecule has 0 unspecified atom stereocenters. The van der Waals surface area contributed by atoms with Gasteiger partial charge in [0, 0.05) is 30.4 Å². The van der Waals surface area contributed by atoms with Crippen LogP contribution < -0.4 is 4.90 Å². The Hall–Kier alpha value is -1.33. The third-order valence-electron chi connectivity index (χ3n) is 4.19. The van der Waals surface area contributed by atoms with E-state index in [9.17, 15) is 8.42 Å². The summed E-state index contributed by atoms with van der Waals surface area (Å²) < 4.78 is 23.2. The Kier molecular flexibility index (Phi) is 4.03. The topological polar surface area (TPSA) is 50.3 Å². The number of fused-ring (bicyclic) bond motifs is 1. The number of halogens is 1. The quantitative estimate of drug-likeness (QED) is 0.789. The highest BCUT2D eigenvalue weighted by atomic mass is 35.5. The molecule has 2 heterocycles. The summed E-state index contributed by atoms with van der Waals surface area (Å²) in [5, 5.41) is 2.61. The maximum Gasteiger partial charge on any atom is 0.153 e. The van der Waals surface area contributed by atoms with E-state index < -0.39 is 9.84 Å². The maximum absolute atomic E-state index is 11.6. The minimum Gasteiger partial charge on any atom is -0.369 e. The van der Waals surface area contributed by atoms with E-state index in [0.717, 1.165) is 16.5 Å². The molecule has 3 rings (SSSR count). The fourth-order valence-electron chi connectivity index (χ4n) is 2.95. The molecule has 1 fully saturated rings. The first-order valence-electron chi connectivity index (χ1n) is 7.41.